The molecule has 2 N–H and O–H groups in total. The summed E-state index contributed by atoms with van der Waals surface area (Å²) in [7, 11) is -1.04. The van der Waals surface area contributed by atoms with Crippen LogP contribution in [0.4, 0.5) is 5.69 Å². The summed E-state index contributed by atoms with van der Waals surface area (Å²) in [6.07, 6.45) is 17.7. The zero-order chi connectivity index (χ0) is 25.3. The van der Waals surface area contributed by atoms with Gasteiger partial charge in [-0.15, -0.1) is 0 Å². The smallest absolute Gasteiger partial charge is 0.113 e. The number of aliphatic hydroxyl groups is 1. The predicted molar refractivity (Wildman–Crippen MR) is 151 cm³/mol. The molecule has 0 aromatic heterocycles. The standard InChI is InChI=1S/C32H47NO2S/c1-30(2)26(21-7-9-22(10-8-21)33-36(4)35)16-18-31(3)27-13-11-25-23(24(27)12-14-29(30)31)15-19-32(20-34)17-5-6-28(25)32/h7-10,16,23-25,27-29,33-34H,5-6,11-15,17-20H2,1-4H3/t23?,24?,25?,27?,28?,29?,31-,32-,36?/m1/s1. The third kappa shape index (κ3) is 3.71. The molecule has 198 valence electrons. The summed E-state index contributed by atoms with van der Waals surface area (Å²) >= 11 is 0. The first-order chi connectivity index (χ1) is 17.2. The van der Waals surface area contributed by atoms with Gasteiger partial charge in [-0.3, -0.25) is 0 Å². The van der Waals surface area contributed by atoms with Crippen molar-refractivity contribution in [3.63, 3.8) is 0 Å². The lowest BCUT2D eigenvalue weighted by atomic mass is 9.41. The molecule has 1 aromatic rings. The minimum absolute atomic E-state index is 0.154. The molecule has 6 rings (SSSR count). The Bertz CT molecular complexity index is 1050. The molecule has 4 saturated carbocycles. The van der Waals surface area contributed by atoms with Gasteiger partial charge in [0.25, 0.3) is 0 Å². The maximum Gasteiger partial charge on any atom is 0.113 e. The van der Waals surface area contributed by atoms with E-state index in [0.29, 0.717) is 12.0 Å². The van der Waals surface area contributed by atoms with Gasteiger partial charge in [0.05, 0.1) is 0 Å². The van der Waals surface area contributed by atoms with Crippen LogP contribution in [-0.2, 0) is 11.0 Å². The number of hydrogen-bond acceptors (Lipinski definition) is 2. The van der Waals surface area contributed by atoms with Crippen LogP contribution in [-0.4, -0.2) is 22.2 Å². The normalized spacial score (nSPS) is 43.9. The van der Waals surface area contributed by atoms with Gasteiger partial charge in [0.2, 0.25) is 0 Å². The fraction of sp³-hybridized carbons (Fsp3) is 0.750. The molecule has 0 spiro atoms. The van der Waals surface area contributed by atoms with E-state index in [4.69, 9.17) is 0 Å². The molecule has 3 nitrogen and oxygen atoms in total. The van der Waals surface area contributed by atoms with E-state index in [0.717, 1.165) is 41.2 Å². The Morgan fingerprint density at radius 2 is 1.64 bits per heavy atom. The van der Waals surface area contributed by atoms with Crippen molar-refractivity contribution in [2.75, 3.05) is 17.6 Å². The molecule has 0 aliphatic heterocycles. The zero-order valence-corrected chi connectivity index (χ0v) is 23.7. The summed E-state index contributed by atoms with van der Waals surface area (Å²) in [5.74, 6) is 5.04. The van der Waals surface area contributed by atoms with E-state index in [2.05, 4.69) is 55.8 Å². The van der Waals surface area contributed by atoms with Gasteiger partial charge in [0.1, 0.15) is 11.0 Å². The lowest BCUT2D eigenvalue weighted by molar-refractivity contribution is -0.134. The number of anilines is 1. The summed E-state index contributed by atoms with van der Waals surface area (Å²) in [6, 6.07) is 8.61. The summed E-state index contributed by atoms with van der Waals surface area (Å²) in [4.78, 5) is 0. The van der Waals surface area contributed by atoms with E-state index in [-0.39, 0.29) is 10.8 Å². The van der Waals surface area contributed by atoms with Crippen molar-refractivity contribution in [3.05, 3.63) is 35.9 Å². The van der Waals surface area contributed by atoms with Crippen molar-refractivity contribution >= 4 is 22.2 Å². The molecular weight excluding hydrogens is 462 g/mol. The highest BCUT2D eigenvalue weighted by Gasteiger charge is 2.61. The second kappa shape index (κ2) is 8.97. The van der Waals surface area contributed by atoms with Crippen LogP contribution >= 0.6 is 0 Å². The number of benzene rings is 1. The molecule has 4 heteroatoms. The summed E-state index contributed by atoms with van der Waals surface area (Å²) in [5, 5.41) is 10.4. The fourth-order valence-electron chi connectivity index (χ4n) is 11.0. The Balaban J connectivity index is 1.26. The second-order valence-corrected chi connectivity index (χ2v) is 15.2. The van der Waals surface area contributed by atoms with E-state index in [1.807, 2.05) is 0 Å². The quantitative estimate of drug-likeness (QED) is 0.443. The monoisotopic (exact) mass is 509 g/mol. The van der Waals surface area contributed by atoms with Crippen LogP contribution in [0.25, 0.3) is 5.57 Å². The van der Waals surface area contributed by atoms with Crippen LogP contribution in [0.2, 0.25) is 0 Å². The molecular formula is C32H47NO2S. The van der Waals surface area contributed by atoms with Crippen LogP contribution in [0.1, 0.15) is 90.5 Å². The third-order valence-corrected chi connectivity index (χ3v) is 12.9. The number of hydrogen-bond donors (Lipinski definition) is 2. The number of rotatable bonds is 4. The van der Waals surface area contributed by atoms with Crippen molar-refractivity contribution in [2.45, 2.75) is 85.0 Å². The van der Waals surface area contributed by atoms with Crippen molar-refractivity contribution < 1.29 is 9.32 Å². The molecule has 0 amide bonds. The molecule has 5 aliphatic rings. The molecule has 0 heterocycles. The van der Waals surface area contributed by atoms with Crippen LogP contribution in [0, 0.1) is 51.8 Å². The van der Waals surface area contributed by atoms with Crippen LogP contribution < -0.4 is 4.72 Å². The number of aliphatic hydroxyl groups excluding tert-OH is 1. The lowest BCUT2D eigenvalue weighted by Crippen LogP contribution is -2.56. The van der Waals surface area contributed by atoms with Crippen molar-refractivity contribution in [2.24, 2.45) is 51.8 Å². The third-order valence-electron chi connectivity index (χ3n) is 12.4. The highest BCUT2D eigenvalue weighted by molar-refractivity contribution is 7.85. The topological polar surface area (TPSA) is 49.3 Å². The van der Waals surface area contributed by atoms with Gasteiger partial charge >= 0.3 is 0 Å². The number of allylic oxidation sites excluding steroid dienone is 2. The average Bonchev–Trinajstić information content (AvgIpc) is 3.29. The van der Waals surface area contributed by atoms with Gasteiger partial charge in [-0.05, 0) is 133 Å². The van der Waals surface area contributed by atoms with E-state index in [9.17, 15) is 9.32 Å². The Kier molecular flexibility index (Phi) is 6.27. The molecule has 0 radical (unpaired) electrons. The maximum atomic E-state index is 11.6. The van der Waals surface area contributed by atoms with E-state index in [1.165, 1.54) is 75.3 Å². The van der Waals surface area contributed by atoms with Crippen molar-refractivity contribution in [1.82, 2.24) is 0 Å². The highest BCUT2D eigenvalue weighted by Crippen LogP contribution is 2.69. The average molecular weight is 510 g/mol. The Morgan fingerprint density at radius 3 is 2.36 bits per heavy atom. The first-order valence-corrected chi connectivity index (χ1v) is 16.3. The van der Waals surface area contributed by atoms with E-state index >= 15 is 0 Å². The van der Waals surface area contributed by atoms with Crippen LogP contribution in [0.15, 0.2) is 30.3 Å². The summed E-state index contributed by atoms with van der Waals surface area (Å²) in [6.45, 7) is 8.11. The number of fused-ring (bicyclic) bond motifs is 7. The Hall–Kier alpha value is -1.13. The summed E-state index contributed by atoms with van der Waals surface area (Å²) < 4.78 is 14.6. The predicted octanol–water partition coefficient (Wildman–Crippen LogP) is 7.45. The van der Waals surface area contributed by atoms with Crippen molar-refractivity contribution in [1.29, 1.82) is 0 Å². The largest absolute Gasteiger partial charge is 0.396 e. The molecule has 5 aliphatic carbocycles. The molecule has 0 bridgehead atoms. The van der Waals surface area contributed by atoms with E-state index in [1.54, 1.807) is 6.26 Å². The van der Waals surface area contributed by atoms with Crippen LogP contribution in [0.3, 0.4) is 0 Å². The maximum absolute atomic E-state index is 11.6. The summed E-state index contributed by atoms with van der Waals surface area (Å²) in [5.41, 5.74) is 4.59. The van der Waals surface area contributed by atoms with Gasteiger partial charge in [-0.25, -0.2) is 4.21 Å². The Morgan fingerprint density at radius 1 is 0.917 bits per heavy atom. The molecule has 0 saturated heterocycles. The van der Waals surface area contributed by atoms with Gasteiger partial charge < -0.3 is 9.83 Å². The first kappa shape index (κ1) is 25.2. The van der Waals surface area contributed by atoms with Crippen LogP contribution in [0.5, 0.6) is 0 Å². The fourth-order valence-corrected chi connectivity index (χ4v) is 11.5. The molecule has 9 atom stereocenters. The van der Waals surface area contributed by atoms with Crippen molar-refractivity contribution in [3.8, 4) is 0 Å². The molecule has 36 heavy (non-hydrogen) atoms. The first-order valence-electron chi connectivity index (χ1n) is 14.7. The lowest BCUT2D eigenvalue weighted by Gasteiger charge is -2.64. The highest BCUT2D eigenvalue weighted by atomic mass is 32.2. The van der Waals surface area contributed by atoms with Gasteiger partial charge in [-0.2, -0.15) is 0 Å². The molecule has 7 unspecified atom stereocenters. The molecule has 1 aromatic carbocycles. The second-order valence-electron chi connectivity index (χ2n) is 14.0. The minimum atomic E-state index is -1.04. The minimum Gasteiger partial charge on any atom is -0.396 e. The van der Waals surface area contributed by atoms with Gasteiger partial charge in [0.15, 0.2) is 0 Å². The van der Waals surface area contributed by atoms with Gasteiger partial charge in [-0.1, -0.05) is 45.4 Å². The molecule has 4 fully saturated rings. The van der Waals surface area contributed by atoms with E-state index < -0.39 is 11.0 Å². The number of nitrogens with one attached hydrogen (secondary N) is 1. The zero-order valence-electron chi connectivity index (χ0n) is 22.9. The Labute approximate surface area is 221 Å². The van der Waals surface area contributed by atoms with Gasteiger partial charge in [0, 0.05) is 18.6 Å². The SMILES string of the molecule is CS(=O)Nc1ccc(C2=CC[C@]3(C)C4CCC5C(CC[C@@]6(CO)CCCC56)C4CCC3C2(C)C)cc1.